The van der Waals surface area contributed by atoms with E-state index >= 15 is 0 Å². The molecule has 0 amide bonds. The predicted octanol–water partition coefficient (Wildman–Crippen LogP) is 2.42. The van der Waals surface area contributed by atoms with E-state index in [0.29, 0.717) is 17.9 Å². The highest BCUT2D eigenvalue weighted by molar-refractivity contribution is 4.65. The lowest BCUT2D eigenvalue weighted by molar-refractivity contribution is 0.256. The largest absolute Gasteiger partial charge is 0.396 e. The maximum Gasteiger partial charge on any atom is 0.0433 e. The number of aliphatic hydroxyl groups excluding tert-OH is 1. The van der Waals surface area contributed by atoms with Crippen LogP contribution in [0.4, 0.5) is 0 Å². The molecule has 0 aliphatic heterocycles. The fraction of sp³-hybridized carbons (Fsp3) is 1.00. The molecule has 14 heavy (non-hydrogen) atoms. The second kappa shape index (κ2) is 7.24. The van der Waals surface area contributed by atoms with Crippen LogP contribution < -0.4 is 5.32 Å². The summed E-state index contributed by atoms with van der Waals surface area (Å²) in [4.78, 5) is 0. The first kappa shape index (κ1) is 13.9. The monoisotopic (exact) mass is 201 g/mol. The Bertz CT molecular complexity index is 129. The number of hydrogen-bond donors (Lipinski definition) is 2. The van der Waals surface area contributed by atoms with Crippen molar-refractivity contribution in [2.24, 2.45) is 11.3 Å². The van der Waals surface area contributed by atoms with Crippen LogP contribution >= 0.6 is 0 Å². The fourth-order valence-corrected chi connectivity index (χ4v) is 1.40. The second-order valence-electron chi connectivity index (χ2n) is 5.50. The minimum absolute atomic E-state index is 0.330. The van der Waals surface area contributed by atoms with E-state index in [1.165, 1.54) is 12.8 Å². The molecule has 0 rings (SSSR count). The zero-order chi connectivity index (χ0) is 11.0. The lowest BCUT2D eigenvalue weighted by Gasteiger charge is -2.19. The summed E-state index contributed by atoms with van der Waals surface area (Å²) in [5.41, 5.74) is 0.386. The summed E-state index contributed by atoms with van der Waals surface area (Å²) in [5.74, 6) is 0.663. The Balaban J connectivity index is 3.21. The zero-order valence-electron chi connectivity index (χ0n) is 10.3. The molecule has 0 aromatic heterocycles. The van der Waals surface area contributed by atoms with Crippen molar-refractivity contribution < 1.29 is 5.11 Å². The van der Waals surface area contributed by atoms with Crippen molar-refractivity contribution in [1.82, 2.24) is 5.32 Å². The topological polar surface area (TPSA) is 32.3 Å². The van der Waals surface area contributed by atoms with Crippen molar-refractivity contribution >= 4 is 0 Å². The van der Waals surface area contributed by atoms with Crippen molar-refractivity contribution in [2.75, 3.05) is 19.7 Å². The maximum atomic E-state index is 8.73. The summed E-state index contributed by atoms with van der Waals surface area (Å²) in [7, 11) is 0. The van der Waals surface area contributed by atoms with Crippen molar-refractivity contribution in [3.63, 3.8) is 0 Å². The van der Waals surface area contributed by atoms with Gasteiger partial charge in [0.25, 0.3) is 0 Å². The molecule has 0 saturated heterocycles. The van der Waals surface area contributed by atoms with Gasteiger partial charge in [0, 0.05) is 6.61 Å². The Labute approximate surface area is 89.1 Å². The van der Waals surface area contributed by atoms with Crippen LogP contribution in [0.2, 0.25) is 0 Å². The van der Waals surface area contributed by atoms with Gasteiger partial charge in [-0.2, -0.15) is 0 Å². The third-order valence-electron chi connectivity index (χ3n) is 2.33. The van der Waals surface area contributed by atoms with E-state index in [1.807, 2.05) is 0 Å². The highest BCUT2D eigenvalue weighted by Crippen LogP contribution is 2.11. The minimum Gasteiger partial charge on any atom is -0.396 e. The summed E-state index contributed by atoms with van der Waals surface area (Å²) in [6.07, 6.45) is 3.38. The smallest absolute Gasteiger partial charge is 0.0433 e. The van der Waals surface area contributed by atoms with E-state index in [4.69, 9.17) is 5.11 Å². The van der Waals surface area contributed by atoms with Gasteiger partial charge < -0.3 is 10.4 Å². The first-order chi connectivity index (χ1) is 6.45. The number of rotatable bonds is 7. The van der Waals surface area contributed by atoms with Crippen molar-refractivity contribution in [1.29, 1.82) is 0 Å². The van der Waals surface area contributed by atoms with Crippen LogP contribution in [-0.2, 0) is 0 Å². The molecule has 1 unspecified atom stereocenters. The normalized spacial score (nSPS) is 14.4. The highest BCUT2D eigenvalue weighted by Gasteiger charge is 2.08. The van der Waals surface area contributed by atoms with Crippen molar-refractivity contribution in [3.8, 4) is 0 Å². The molecule has 1 atom stereocenters. The van der Waals surface area contributed by atoms with E-state index < -0.39 is 0 Å². The Hall–Kier alpha value is -0.0800. The molecule has 0 fully saturated rings. The standard InChI is InChI=1S/C12H27NO/c1-11(7-9-14)6-5-8-13-10-12(2,3)4/h11,13-14H,5-10H2,1-4H3. The lowest BCUT2D eigenvalue weighted by atomic mass is 9.97. The van der Waals surface area contributed by atoms with E-state index in [1.54, 1.807) is 0 Å². The van der Waals surface area contributed by atoms with Crippen molar-refractivity contribution in [2.45, 2.75) is 47.0 Å². The lowest BCUT2D eigenvalue weighted by Crippen LogP contribution is -2.27. The molecule has 0 bridgehead atoms. The van der Waals surface area contributed by atoms with Crippen LogP contribution in [-0.4, -0.2) is 24.8 Å². The van der Waals surface area contributed by atoms with Crippen LogP contribution in [0.25, 0.3) is 0 Å². The quantitative estimate of drug-likeness (QED) is 0.620. The summed E-state index contributed by atoms with van der Waals surface area (Å²) >= 11 is 0. The molecule has 0 spiro atoms. The number of hydrogen-bond acceptors (Lipinski definition) is 2. The van der Waals surface area contributed by atoms with Crippen LogP contribution in [0, 0.1) is 11.3 Å². The summed E-state index contributed by atoms with van der Waals surface area (Å²) < 4.78 is 0. The average molecular weight is 201 g/mol. The molecule has 0 aliphatic carbocycles. The van der Waals surface area contributed by atoms with Gasteiger partial charge in [0.1, 0.15) is 0 Å². The van der Waals surface area contributed by atoms with Gasteiger partial charge in [0.05, 0.1) is 0 Å². The molecule has 0 aliphatic rings. The van der Waals surface area contributed by atoms with Gasteiger partial charge >= 0.3 is 0 Å². The van der Waals surface area contributed by atoms with E-state index in [9.17, 15) is 0 Å². The fourth-order valence-electron chi connectivity index (χ4n) is 1.40. The molecule has 2 heteroatoms. The number of nitrogens with one attached hydrogen (secondary N) is 1. The van der Waals surface area contributed by atoms with Gasteiger partial charge in [-0.25, -0.2) is 0 Å². The minimum atomic E-state index is 0.330. The van der Waals surface area contributed by atoms with Gasteiger partial charge in [-0.05, 0) is 43.7 Å². The van der Waals surface area contributed by atoms with E-state index in [-0.39, 0.29) is 0 Å². The SMILES string of the molecule is CC(CCO)CCCNCC(C)(C)C. The molecular weight excluding hydrogens is 174 g/mol. The maximum absolute atomic E-state index is 8.73. The summed E-state index contributed by atoms with van der Waals surface area (Å²) in [6.45, 7) is 11.5. The van der Waals surface area contributed by atoms with Gasteiger partial charge in [0.2, 0.25) is 0 Å². The third kappa shape index (κ3) is 10.0. The average Bonchev–Trinajstić information content (AvgIpc) is 2.02. The molecule has 0 saturated carbocycles. The molecule has 0 radical (unpaired) electrons. The van der Waals surface area contributed by atoms with Crippen LogP contribution in [0.5, 0.6) is 0 Å². The molecule has 2 N–H and O–H groups in total. The Morgan fingerprint density at radius 3 is 2.36 bits per heavy atom. The summed E-state index contributed by atoms with van der Waals surface area (Å²) in [6, 6.07) is 0. The van der Waals surface area contributed by atoms with Crippen LogP contribution in [0.3, 0.4) is 0 Å². The summed E-state index contributed by atoms with van der Waals surface area (Å²) in [5, 5.41) is 12.2. The Morgan fingerprint density at radius 1 is 1.21 bits per heavy atom. The van der Waals surface area contributed by atoms with Crippen molar-refractivity contribution in [3.05, 3.63) is 0 Å². The first-order valence-electron chi connectivity index (χ1n) is 5.77. The Morgan fingerprint density at radius 2 is 1.86 bits per heavy atom. The van der Waals surface area contributed by atoms with Crippen LogP contribution in [0.1, 0.15) is 47.0 Å². The predicted molar refractivity (Wildman–Crippen MR) is 62.4 cm³/mol. The van der Waals surface area contributed by atoms with E-state index in [0.717, 1.165) is 19.5 Å². The third-order valence-corrected chi connectivity index (χ3v) is 2.33. The molecule has 86 valence electrons. The highest BCUT2D eigenvalue weighted by atomic mass is 16.3. The van der Waals surface area contributed by atoms with Gasteiger partial charge in [-0.3, -0.25) is 0 Å². The molecule has 0 heterocycles. The molecule has 2 nitrogen and oxygen atoms in total. The van der Waals surface area contributed by atoms with Gasteiger partial charge in [0.15, 0.2) is 0 Å². The first-order valence-corrected chi connectivity index (χ1v) is 5.77. The van der Waals surface area contributed by atoms with Gasteiger partial charge in [-0.15, -0.1) is 0 Å². The second-order valence-corrected chi connectivity index (χ2v) is 5.50. The molecule has 0 aromatic carbocycles. The molecular formula is C12H27NO. The zero-order valence-corrected chi connectivity index (χ0v) is 10.3. The van der Waals surface area contributed by atoms with Crippen LogP contribution in [0.15, 0.2) is 0 Å². The van der Waals surface area contributed by atoms with E-state index in [2.05, 4.69) is 33.0 Å². The Kier molecular flexibility index (Phi) is 7.20. The number of aliphatic hydroxyl groups is 1. The molecule has 0 aromatic rings. The van der Waals surface area contributed by atoms with Gasteiger partial charge in [-0.1, -0.05) is 27.7 Å².